The van der Waals surface area contributed by atoms with Crippen molar-refractivity contribution in [3.8, 4) is 0 Å². The van der Waals surface area contributed by atoms with Crippen molar-refractivity contribution >= 4 is 34.5 Å². The molecule has 0 aromatic heterocycles. The van der Waals surface area contributed by atoms with Gasteiger partial charge in [-0.05, 0) is 0 Å². The monoisotopic (exact) mass is 539 g/mol. The molecule has 1 atom stereocenters. The van der Waals surface area contributed by atoms with Gasteiger partial charge in [0.15, 0.2) is 0 Å². The SMILES string of the molecule is CC1(CCO)CC(=O)N1P(CC(=O)OCc1ccccc1)(c1ccccc1)(c1ccccc1)c1ccccc1. The molecule has 0 spiro atoms. The number of rotatable bonds is 10. The Kier molecular flexibility index (Phi) is 7.40. The Morgan fingerprint density at radius 2 is 1.23 bits per heavy atom. The van der Waals surface area contributed by atoms with Gasteiger partial charge in [0.05, 0.1) is 0 Å². The Bertz CT molecular complexity index is 1330. The van der Waals surface area contributed by atoms with E-state index in [9.17, 15) is 14.7 Å². The zero-order valence-corrected chi connectivity index (χ0v) is 23.0. The van der Waals surface area contributed by atoms with Crippen molar-refractivity contribution in [3.05, 3.63) is 127 Å². The zero-order chi connectivity index (χ0) is 27.4. The van der Waals surface area contributed by atoms with E-state index < -0.39 is 12.3 Å². The van der Waals surface area contributed by atoms with Gasteiger partial charge in [0.1, 0.15) is 0 Å². The van der Waals surface area contributed by atoms with E-state index in [2.05, 4.69) is 0 Å². The quantitative estimate of drug-likeness (QED) is 0.183. The molecule has 1 N–H and O–H groups in total. The summed E-state index contributed by atoms with van der Waals surface area (Å²) in [5.74, 6) is -0.407. The number of carbonyl (C=O) groups is 2. The molecule has 5 rings (SSSR count). The van der Waals surface area contributed by atoms with Crippen LogP contribution in [0.1, 0.15) is 25.3 Å². The van der Waals surface area contributed by atoms with Crippen LogP contribution in [0, 0.1) is 0 Å². The number of nitrogens with zero attached hydrogens (tertiary/aromatic N) is 1. The topological polar surface area (TPSA) is 66.8 Å². The first-order chi connectivity index (χ1) is 18.9. The van der Waals surface area contributed by atoms with Crippen molar-refractivity contribution in [2.24, 2.45) is 0 Å². The molecule has 6 heteroatoms. The summed E-state index contributed by atoms with van der Waals surface area (Å²) in [4.78, 5) is 28.1. The van der Waals surface area contributed by atoms with Crippen molar-refractivity contribution in [2.75, 3.05) is 12.8 Å². The van der Waals surface area contributed by atoms with Crippen molar-refractivity contribution in [2.45, 2.75) is 31.9 Å². The summed E-state index contributed by atoms with van der Waals surface area (Å²) in [5, 5.41) is 12.8. The summed E-state index contributed by atoms with van der Waals surface area (Å²) >= 11 is 0. The summed E-state index contributed by atoms with van der Waals surface area (Å²) in [6, 6.07) is 39.4. The maximum absolute atomic E-state index is 14.1. The molecule has 4 aromatic carbocycles. The second-order valence-electron chi connectivity index (χ2n) is 10.4. The van der Waals surface area contributed by atoms with E-state index in [0.717, 1.165) is 21.5 Å². The molecular formula is C33H34NO4P. The molecular weight excluding hydrogens is 505 g/mol. The van der Waals surface area contributed by atoms with Crippen LogP contribution in [-0.4, -0.2) is 40.0 Å². The molecule has 1 fully saturated rings. The van der Waals surface area contributed by atoms with Gasteiger partial charge in [-0.3, -0.25) is 0 Å². The number of aliphatic hydroxyl groups excluding tert-OH is 1. The average Bonchev–Trinajstić information content (AvgIpc) is 2.97. The molecule has 1 aliphatic heterocycles. The molecule has 1 unspecified atom stereocenters. The summed E-state index contributed by atoms with van der Waals surface area (Å²) in [6.07, 6.45) is 0.697. The fourth-order valence-corrected chi connectivity index (χ4v) is 13.4. The van der Waals surface area contributed by atoms with Crippen LogP contribution in [0.25, 0.3) is 0 Å². The second kappa shape index (κ2) is 10.8. The van der Waals surface area contributed by atoms with Gasteiger partial charge in [-0.1, -0.05) is 0 Å². The van der Waals surface area contributed by atoms with Gasteiger partial charge in [0.2, 0.25) is 0 Å². The number of benzene rings is 4. The third kappa shape index (κ3) is 4.36. The third-order valence-electron chi connectivity index (χ3n) is 7.99. The normalized spacial score (nSPS) is 18.1. The van der Waals surface area contributed by atoms with Gasteiger partial charge in [0.25, 0.3) is 0 Å². The molecule has 1 heterocycles. The molecule has 1 amide bonds. The molecule has 200 valence electrons. The Hall–Kier alpha value is -3.79. The molecule has 0 bridgehead atoms. The van der Waals surface area contributed by atoms with Crippen molar-refractivity contribution in [3.63, 3.8) is 0 Å². The molecule has 1 saturated heterocycles. The molecule has 0 radical (unpaired) electrons. The van der Waals surface area contributed by atoms with Crippen molar-refractivity contribution in [1.82, 2.24) is 4.67 Å². The van der Waals surface area contributed by atoms with Gasteiger partial charge in [0, 0.05) is 0 Å². The van der Waals surface area contributed by atoms with Gasteiger partial charge in [-0.15, -0.1) is 0 Å². The van der Waals surface area contributed by atoms with E-state index in [1.807, 2.05) is 133 Å². The molecule has 0 saturated carbocycles. The van der Waals surface area contributed by atoms with E-state index in [-0.39, 0.29) is 31.3 Å². The number of esters is 1. The summed E-state index contributed by atoms with van der Waals surface area (Å²) in [7, 11) is 0. The number of ether oxygens (including phenoxy) is 1. The van der Waals surface area contributed by atoms with Gasteiger partial charge in [-0.25, -0.2) is 0 Å². The minimum absolute atomic E-state index is 0.0107. The molecule has 1 aliphatic rings. The van der Waals surface area contributed by atoms with E-state index in [0.29, 0.717) is 12.8 Å². The van der Waals surface area contributed by atoms with Gasteiger partial charge < -0.3 is 0 Å². The Morgan fingerprint density at radius 3 is 1.64 bits per heavy atom. The van der Waals surface area contributed by atoms with Crippen molar-refractivity contribution < 1.29 is 19.4 Å². The van der Waals surface area contributed by atoms with Crippen LogP contribution >= 0.6 is 6.75 Å². The first-order valence-corrected chi connectivity index (χ1v) is 15.6. The molecule has 4 aromatic rings. The van der Waals surface area contributed by atoms with E-state index in [1.54, 1.807) is 0 Å². The third-order valence-corrected chi connectivity index (χ3v) is 14.7. The number of hydrogen-bond acceptors (Lipinski definition) is 4. The molecule has 0 aliphatic carbocycles. The van der Waals surface area contributed by atoms with Crippen LogP contribution in [0.3, 0.4) is 0 Å². The van der Waals surface area contributed by atoms with Crippen molar-refractivity contribution in [1.29, 1.82) is 0 Å². The molecule has 39 heavy (non-hydrogen) atoms. The first kappa shape index (κ1) is 26.8. The Balaban J connectivity index is 1.82. The second-order valence-corrected chi connectivity index (χ2v) is 15.2. The summed E-state index contributed by atoms with van der Waals surface area (Å²) in [6.45, 7) is -1.97. The fourth-order valence-electron chi connectivity index (χ4n) is 6.32. The van der Waals surface area contributed by atoms with Crippen LogP contribution in [0.15, 0.2) is 121 Å². The first-order valence-electron chi connectivity index (χ1n) is 13.3. The minimum atomic E-state index is -4.07. The van der Waals surface area contributed by atoms with Crippen LogP contribution < -0.4 is 15.9 Å². The van der Waals surface area contributed by atoms with E-state index in [1.165, 1.54) is 0 Å². The molecule has 5 nitrogen and oxygen atoms in total. The summed E-state index contributed by atoms with van der Waals surface area (Å²) in [5.41, 5.74) is 0.251. The average molecular weight is 540 g/mol. The van der Waals surface area contributed by atoms with Crippen LogP contribution in [0.4, 0.5) is 0 Å². The fraction of sp³-hybridized carbons (Fsp3) is 0.212. The van der Waals surface area contributed by atoms with E-state index in [4.69, 9.17) is 4.74 Å². The Labute approximate surface area is 230 Å². The predicted octanol–water partition coefficient (Wildman–Crippen LogP) is 4.55. The number of carbonyl (C=O) groups excluding carboxylic acids is 2. The van der Waals surface area contributed by atoms with E-state index >= 15 is 0 Å². The number of aliphatic hydroxyl groups is 1. The maximum atomic E-state index is 14.1. The van der Waals surface area contributed by atoms with Crippen LogP contribution in [-0.2, 0) is 20.9 Å². The number of hydrogen-bond donors (Lipinski definition) is 1. The van der Waals surface area contributed by atoms with Gasteiger partial charge >= 0.3 is 230 Å². The Morgan fingerprint density at radius 1 is 0.795 bits per heavy atom. The summed E-state index contributed by atoms with van der Waals surface area (Å²) < 4.78 is 7.95. The van der Waals surface area contributed by atoms with Gasteiger partial charge in [-0.2, -0.15) is 0 Å². The number of amides is 1. The number of β-lactam (4-membered cyclic amide) rings is 1. The van der Waals surface area contributed by atoms with Crippen LogP contribution in [0.5, 0.6) is 0 Å². The predicted molar refractivity (Wildman–Crippen MR) is 158 cm³/mol. The van der Waals surface area contributed by atoms with Crippen LogP contribution in [0.2, 0.25) is 0 Å². The standard InChI is InChI=1S/C33H34NO4P/c1-33(22-23-35)24-31(36)34(33)39(28-16-8-3-9-17-28,29-18-10-4-11-19-29,30-20-12-5-13-21-30)26-32(37)38-25-27-14-6-2-7-15-27/h2-21,35H,22-26H2,1H3. The zero-order valence-electron chi connectivity index (χ0n) is 22.1.